The zero-order valence-electron chi connectivity index (χ0n) is 7.77. The normalized spacial score (nSPS) is 20.6. The Kier molecular flexibility index (Phi) is 3.04. The Bertz CT molecular complexity index is 367. The second-order valence-electron chi connectivity index (χ2n) is 3.30. The molecule has 1 aliphatic rings. The Hall–Kier alpha value is -0.910. The second kappa shape index (κ2) is 4.30. The molecule has 1 saturated heterocycles. The van der Waals surface area contributed by atoms with Crippen LogP contribution in [-0.2, 0) is 0 Å². The molecule has 2 heterocycles. The largest absolute Gasteiger partial charge is 0.364 e. The summed E-state index contributed by atoms with van der Waals surface area (Å²) in [6, 6.07) is 0.592. The van der Waals surface area contributed by atoms with E-state index in [4.69, 9.17) is 0 Å². The van der Waals surface area contributed by atoms with Crippen molar-refractivity contribution in [2.45, 2.75) is 12.5 Å². The van der Waals surface area contributed by atoms with Crippen molar-refractivity contribution < 1.29 is 13.2 Å². The summed E-state index contributed by atoms with van der Waals surface area (Å²) in [5.41, 5.74) is 0. The first-order valence-electron chi connectivity index (χ1n) is 4.52. The van der Waals surface area contributed by atoms with Crippen molar-refractivity contribution in [2.24, 2.45) is 0 Å². The lowest BCUT2D eigenvalue weighted by atomic mass is 10.2. The predicted octanol–water partition coefficient (Wildman–Crippen LogP) is 2.42. The third kappa shape index (κ3) is 2.37. The molecule has 0 bridgehead atoms. The standard InChI is InChI=1S/C9H9F3N2S/c10-6-3-7(11)9(14-8(6)12)13-5-1-2-15-4-5/h3,5H,1-2,4H2,(H,13,14). The summed E-state index contributed by atoms with van der Waals surface area (Å²) < 4.78 is 38.4. The molecular weight excluding hydrogens is 225 g/mol. The highest BCUT2D eigenvalue weighted by Crippen LogP contribution is 2.22. The van der Waals surface area contributed by atoms with E-state index in [1.807, 2.05) is 0 Å². The maximum Gasteiger partial charge on any atom is 0.251 e. The molecule has 0 saturated carbocycles. The summed E-state index contributed by atoms with van der Waals surface area (Å²) in [6.07, 6.45) is 0.880. The third-order valence-electron chi connectivity index (χ3n) is 2.16. The third-order valence-corrected chi connectivity index (χ3v) is 3.32. The summed E-state index contributed by atoms with van der Waals surface area (Å²) in [4.78, 5) is 3.20. The van der Waals surface area contributed by atoms with Crippen molar-refractivity contribution in [2.75, 3.05) is 16.8 Å². The van der Waals surface area contributed by atoms with E-state index in [1.165, 1.54) is 0 Å². The highest BCUT2D eigenvalue weighted by atomic mass is 32.2. The smallest absolute Gasteiger partial charge is 0.251 e. The Morgan fingerprint density at radius 3 is 2.80 bits per heavy atom. The van der Waals surface area contributed by atoms with Crippen LogP contribution in [0.5, 0.6) is 0 Å². The molecule has 0 aromatic carbocycles. The van der Waals surface area contributed by atoms with Crippen LogP contribution in [0.15, 0.2) is 6.07 Å². The molecule has 1 unspecified atom stereocenters. The van der Waals surface area contributed by atoms with Gasteiger partial charge in [0.05, 0.1) is 0 Å². The minimum Gasteiger partial charge on any atom is -0.364 e. The van der Waals surface area contributed by atoms with Gasteiger partial charge in [-0.2, -0.15) is 21.1 Å². The molecule has 2 nitrogen and oxygen atoms in total. The van der Waals surface area contributed by atoms with Crippen LogP contribution in [0, 0.1) is 17.6 Å². The van der Waals surface area contributed by atoms with Crippen molar-refractivity contribution in [1.29, 1.82) is 0 Å². The van der Waals surface area contributed by atoms with E-state index >= 15 is 0 Å². The second-order valence-corrected chi connectivity index (χ2v) is 4.45. The summed E-state index contributed by atoms with van der Waals surface area (Å²) in [5.74, 6) is -1.78. The average Bonchev–Trinajstić information content (AvgIpc) is 2.67. The zero-order chi connectivity index (χ0) is 10.8. The molecule has 15 heavy (non-hydrogen) atoms. The van der Waals surface area contributed by atoms with Crippen molar-refractivity contribution >= 4 is 17.6 Å². The summed E-state index contributed by atoms with van der Waals surface area (Å²) in [5, 5.41) is 2.76. The number of thioether (sulfide) groups is 1. The molecule has 6 heteroatoms. The zero-order valence-corrected chi connectivity index (χ0v) is 8.58. The maximum absolute atomic E-state index is 13.1. The lowest BCUT2D eigenvalue weighted by Gasteiger charge is -2.12. The summed E-state index contributed by atoms with van der Waals surface area (Å²) >= 11 is 1.73. The van der Waals surface area contributed by atoms with Crippen LogP contribution in [-0.4, -0.2) is 22.5 Å². The first kappa shape index (κ1) is 10.6. The molecule has 1 fully saturated rings. The lowest BCUT2D eigenvalue weighted by molar-refractivity contribution is 0.465. The molecule has 0 spiro atoms. The number of hydrogen-bond donors (Lipinski definition) is 1. The van der Waals surface area contributed by atoms with Gasteiger partial charge in [0.1, 0.15) is 0 Å². The van der Waals surface area contributed by atoms with Crippen molar-refractivity contribution in [3.8, 4) is 0 Å². The molecular formula is C9H9F3N2S. The van der Waals surface area contributed by atoms with Crippen LogP contribution >= 0.6 is 11.8 Å². The van der Waals surface area contributed by atoms with Crippen LogP contribution < -0.4 is 5.32 Å². The molecule has 82 valence electrons. The molecule has 1 atom stereocenters. The van der Waals surface area contributed by atoms with E-state index < -0.39 is 17.6 Å². The van der Waals surface area contributed by atoms with Gasteiger partial charge in [-0.05, 0) is 12.2 Å². The van der Waals surface area contributed by atoms with Crippen molar-refractivity contribution in [3.63, 3.8) is 0 Å². The van der Waals surface area contributed by atoms with Crippen molar-refractivity contribution in [1.82, 2.24) is 4.98 Å². The quantitative estimate of drug-likeness (QED) is 0.795. The Labute approximate surface area is 89.3 Å². The van der Waals surface area contributed by atoms with E-state index in [2.05, 4.69) is 10.3 Å². The van der Waals surface area contributed by atoms with Crippen LogP contribution in [0.2, 0.25) is 0 Å². The van der Waals surface area contributed by atoms with E-state index in [1.54, 1.807) is 11.8 Å². The van der Waals surface area contributed by atoms with Gasteiger partial charge in [-0.1, -0.05) is 0 Å². The minimum atomic E-state index is -1.27. The van der Waals surface area contributed by atoms with Gasteiger partial charge in [0.2, 0.25) is 0 Å². The molecule has 1 aliphatic heterocycles. The number of anilines is 1. The molecule has 2 rings (SSSR count). The SMILES string of the molecule is Fc1cc(F)c(NC2CCSC2)nc1F. The number of hydrogen-bond acceptors (Lipinski definition) is 3. The minimum absolute atomic E-state index is 0.0851. The fraction of sp³-hybridized carbons (Fsp3) is 0.444. The van der Waals surface area contributed by atoms with Gasteiger partial charge in [0.25, 0.3) is 5.95 Å². The van der Waals surface area contributed by atoms with E-state index in [9.17, 15) is 13.2 Å². The van der Waals surface area contributed by atoms with Crippen LogP contribution in [0.3, 0.4) is 0 Å². The van der Waals surface area contributed by atoms with Gasteiger partial charge in [0, 0.05) is 17.9 Å². The first-order chi connectivity index (χ1) is 7.16. The van der Waals surface area contributed by atoms with Gasteiger partial charge in [0.15, 0.2) is 17.5 Å². The Morgan fingerprint density at radius 2 is 2.13 bits per heavy atom. The van der Waals surface area contributed by atoms with Crippen molar-refractivity contribution in [3.05, 3.63) is 23.6 Å². The number of halogens is 3. The van der Waals surface area contributed by atoms with Crippen LogP contribution in [0.4, 0.5) is 19.0 Å². The topological polar surface area (TPSA) is 24.9 Å². The molecule has 0 radical (unpaired) electrons. The number of rotatable bonds is 2. The van der Waals surface area contributed by atoms with Crippen LogP contribution in [0.1, 0.15) is 6.42 Å². The van der Waals surface area contributed by atoms with Gasteiger partial charge in [-0.15, -0.1) is 0 Å². The predicted molar refractivity (Wildman–Crippen MR) is 53.5 cm³/mol. The fourth-order valence-corrected chi connectivity index (χ4v) is 2.54. The van der Waals surface area contributed by atoms with Crippen LogP contribution in [0.25, 0.3) is 0 Å². The van der Waals surface area contributed by atoms with E-state index in [0.29, 0.717) is 6.07 Å². The van der Waals surface area contributed by atoms with Gasteiger partial charge in [-0.25, -0.2) is 8.78 Å². The van der Waals surface area contributed by atoms with Gasteiger partial charge < -0.3 is 5.32 Å². The maximum atomic E-state index is 13.1. The molecule has 1 aromatic rings. The fourth-order valence-electron chi connectivity index (χ4n) is 1.39. The monoisotopic (exact) mass is 234 g/mol. The highest BCUT2D eigenvalue weighted by Gasteiger charge is 2.19. The molecule has 0 amide bonds. The average molecular weight is 234 g/mol. The highest BCUT2D eigenvalue weighted by molar-refractivity contribution is 7.99. The van der Waals surface area contributed by atoms with Gasteiger partial charge in [-0.3, -0.25) is 0 Å². The molecule has 1 aromatic heterocycles. The lowest BCUT2D eigenvalue weighted by Crippen LogP contribution is -2.20. The number of pyridine rings is 1. The summed E-state index contributed by atoms with van der Waals surface area (Å²) in [6.45, 7) is 0. The van der Waals surface area contributed by atoms with E-state index in [0.717, 1.165) is 17.9 Å². The van der Waals surface area contributed by atoms with Gasteiger partial charge >= 0.3 is 0 Å². The molecule has 0 aliphatic carbocycles. The molecule has 1 N–H and O–H groups in total. The number of nitrogens with one attached hydrogen (secondary N) is 1. The Morgan fingerprint density at radius 1 is 1.33 bits per heavy atom. The van der Waals surface area contributed by atoms with E-state index in [-0.39, 0.29) is 11.9 Å². The summed E-state index contributed by atoms with van der Waals surface area (Å²) in [7, 11) is 0. The number of aromatic nitrogens is 1. The first-order valence-corrected chi connectivity index (χ1v) is 5.68. The number of nitrogens with zero attached hydrogens (tertiary/aromatic N) is 1. The Balaban J connectivity index is 2.16.